The predicted octanol–water partition coefficient (Wildman–Crippen LogP) is 7.11. The van der Waals surface area contributed by atoms with E-state index < -0.39 is 23.5 Å². The summed E-state index contributed by atoms with van der Waals surface area (Å²) in [5.41, 5.74) is -1.11. The van der Waals surface area contributed by atoms with Crippen molar-refractivity contribution in [3.63, 3.8) is 0 Å². The molecule has 1 aromatic heterocycles. The lowest BCUT2D eigenvalue weighted by Crippen LogP contribution is -2.17. The van der Waals surface area contributed by atoms with E-state index >= 15 is 0 Å². The fourth-order valence-electron chi connectivity index (χ4n) is 2.70. The molecule has 1 heterocycles. The molecule has 1 N–H and O–H groups in total. The van der Waals surface area contributed by atoms with E-state index in [0.717, 1.165) is 40.5 Å². The van der Waals surface area contributed by atoms with Crippen molar-refractivity contribution >= 4 is 17.8 Å². The second-order valence-corrected chi connectivity index (χ2v) is 7.78. The van der Waals surface area contributed by atoms with Gasteiger partial charge in [-0.3, -0.25) is 0 Å². The lowest BCUT2D eigenvalue weighted by Gasteiger charge is -2.15. The molecule has 0 saturated heterocycles. The maximum atomic E-state index is 13.0. The molecule has 9 heteroatoms. The summed E-state index contributed by atoms with van der Waals surface area (Å²) < 4.78 is 78.2. The van der Waals surface area contributed by atoms with Crippen molar-refractivity contribution in [2.45, 2.75) is 43.8 Å². The second-order valence-electron chi connectivity index (χ2n) is 6.69. The lowest BCUT2D eigenvalue weighted by molar-refractivity contribution is -0.143. The van der Waals surface area contributed by atoms with E-state index in [1.54, 1.807) is 36.2 Å². The van der Waals surface area contributed by atoms with Crippen LogP contribution in [0.4, 0.5) is 26.3 Å². The highest BCUT2D eigenvalue weighted by molar-refractivity contribution is 7.99. The summed E-state index contributed by atoms with van der Waals surface area (Å²) in [6.07, 6.45) is -1.94. The molecule has 2 nitrogen and oxygen atoms in total. The van der Waals surface area contributed by atoms with E-state index in [9.17, 15) is 26.3 Å². The Labute approximate surface area is 181 Å². The van der Waals surface area contributed by atoms with E-state index in [1.807, 2.05) is 13.0 Å². The third-order valence-electron chi connectivity index (χ3n) is 4.11. The van der Waals surface area contributed by atoms with Gasteiger partial charge in [-0.25, -0.2) is 4.98 Å². The fraction of sp³-hybridized carbons (Fsp3) is 0.318. The van der Waals surface area contributed by atoms with Gasteiger partial charge in [-0.1, -0.05) is 31.7 Å². The molecular formula is C22H22F6N2S. The maximum Gasteiger partial charge on any atom is 0.416 e. The van der Waals surface area contributed by atoms with Gasteiger partial charge in [0.15, 0.2) is 0 Å². The number of nitrogens with zero attached hydrogens (tertiary/aromatic N) is 1. The topological polar surface area (TPSA) is 24.9 Å². The van der Waals surface area contributed by atoms with E-state index in [2.05, 4.69) is 16.9 Å². The van der Waals surface area contributed by atoms with E-state index in [-0.39, 0.29) is 24.7 Å². The maximum absolute atomic E-state index is 13.0. The Morgan fingerprint density at radius 2 is 1.65 bits per heavy atom. The Bertz CT molecular complexity index is 887. The molecule has 0 aliphatic rings. The molecule has 0 saturated carbocycles. The van der Waals surface area contributed by atoms with E-state index in [0.29, 0.717) is 0 Å². The molecule has 0 aliphatic carbocycles. The summed E-state index contributed by atoms with van der Waals surface area (Å²) in [7, 11) is 0. The molecule has 0 spiro atoms. The molecule has 2 aromatic rings. The fourth-order valence-corrected chi connectivity index (χ4v) is 3.55. The number of alkyl halides is 6. The van der Waals surface area contributed by atoms with Gasteiger partial charge in [-0.2, -0.15) is 26.3 Å². The van der Waals surface area contributed by atoms with Crippen LogP contribution in [0, 0.1) is 0 Å². The first kappa shape index (κ1) is 25.0. The average molecular weight is 460 g/mol. The van der Waals surface area contributed by atoms with Gasteiger partial charge >= 0.3 is 12.4 Å². The van der Waals surface area contributed by atoms with Gasteiger partial charge in [0.2, 0.25) is 0 Å². The monoisotopic (exact) mass is 460 g/mol. The average Bonchev–Trinajstić information content (AvgIpc) is 2.70. The van der Waals surface area contributed by atoms with Gasteiger partial charge in [0.25, 0.3) is 0 Å². The first-order valence-corrected chi connectivity index (χ1v) is 10.4. The Hall–Kier alpha value is -2.26. The Balaban J connectivity index is 2.23. The molecule has 0 unspecified atom stereocenters. The number of aromatic nitrogens is 1. The van der Waals surface area contributed by atoms with Crippen molar-refractivity contribution in [2.24, 2.45) is 0 Å². The zero-order valence-corrected chi connectivity index (χ0v) is 17.6. The van der Waals surface area contributed by atoms with E-state index in [4.69, 9.17) is 0 Å². The molecule has 0 bridgehead atoms. The van der Waals surface area contributed by atoms with Crippen molar-refractivity contribution < 1.29 is 26.3 Å². The molecule has 2 rings (SSSR count). The molecule has 0 fully saturated rings. The van der Waals surface area contributed by atoms with Crippen molar-refractivity contribution in [1.82, 2.24) is 10.3 Å². The lowest BCUT2D eigenvalue weighted by atomic mass is 10.0. The molecule has 168 valence electrons. The number of halogens is 6. The predicted molar refractivity (Wildman–Crippen MR) is 111 cm³/mol. The van der Waals surface area contributed by atoms with Crippen LogP contribution in [0.3, 0.4) is 0 Å². The normalized spacial score (nSPS) is 12.5. The smallest absolute Gasteiger partial charge is 0.309 e. The quantitative estimate of drug-likeness (QED) is 0.245. The third-order valence-corrected chi connectivity index (χ3v) is 5.36. The van der Waals surface area contributed by atoms with Crippen LogP contribution in [0.2, 0.25) is 0 Å². The number of rotatable bonds is 9. The number of pyridine rings is 1. The summed E-state index contributed by atoms with van der Waals surface area (Å²) in [4.78, 5) is 4.43. The van der Waals surface area contributed by atoms with Gasteiger partial charge in [0.05, 0.1) is 11.1 Å². The minimum absolute atomic E-state index is 0.0967. The molecular weight excluding hydrogens is 438 g/mol. The number of benzene rings is 1. The highest BCUT2D eigenvalue weighted by Gasteiger charge is 2.36. The molecule has 0 aliphatic heterocycles. The standard InChI is InChI=1S/C22H22F6N2S/c1-3-5-6-15-8-17(20(30-13-15)31-7-4-2)14-29-12-16-9-18(21(23,24)25)11-19(10-16)22(26,27)28/h3,5-6,8-11,13,29H,1,4,7,12,14H2,2H3/b6-5-. The molecule has 1 aromatic carbocycles. The minimum Gasteiger partial charge on any atom is -0.309 e. The van der Waals surface area contributed by atoms with Crippen LogP contribution in [0.15, 0.2) is 54.2 Å². The number of hydrogen-bond acceptors (Lipinski definition) is 3. The highest BCUT2D eigenvalue weighted by Crippen LogP contribution is 2.36. The molecule has 0 radical (unpaired) electrons. The van der Waals surface area contributed by atoms with Crippen molar-refractivity contribution in [3.05, 3.63) is 77.0 Å². The molecule has 0 atom stereocenters. The minimum atomic E-state index is -4.87. The van der Waals surface area contributed by atoms with Crippen molar-refractivity contribution in [1.29, 1.82) is 0 Å². The largest absolute Gasteiger partial charge is 0.416 e. The molecule has 31 heavy (non-hydrogen) atoms. The van der Waals surface area contributed by atoms with Crippen LogP contribution in [0.1, 0.15) is 41.2 Å². The van der Waals surface area contributed by atoms with Gasteiger partial charge < -0.3 is 5.32 Å². The SMILES string of the molecule is C=C/C=C\c1cnc(SCCC)c(CNCc2cc(C(F)(F)F)cc(C(F)(F)F)c2)c1. The summed E-state index contributed by atoms with van der Waals surface area (Å²) >= 11 is 1.54. The zero-order chi connectivity index (χ0) is 23.1. The highest BCUT2D eigenvalue weighted by atomic mass is 32.2. The van der Waals surface area contributed by atoms with Crippen LogP contribution in [0.5, 0.6) is 0 Å². The van der Waals surface area contributed by atoms with Gasteiger partial charge in [-0.05, 0) is 53.1 Å². The number of thioether (sulfide) groups is 1. The van der Waals surface area contributed by atoms with Gasteiger partial charge in [0, 0.05) is 19.3 Å². The van der Waals surface area contributed by atoms with Crippen LogP contribution >= 0.6 is 11.8 Å². The number of nitrogens with one attached hydrogen (secondary N) is 1. The van der Waals surface area contributed by atoms with Crippen LogP contribution in [-0.2, 0) is 25.4 Å². The van der Waals surface area contributed by atoms with Gasteiger partial charge in [0.1, 0.15) is 5.03 Å². The van der Waals surface area contributed by atoms with Crippen molar-refractivity contribution in [3.8, 4) is 0 Å². The van der Waals surface area contributed by atoms with Crippen molar-refractivity contribution in [2.75, 3.05) is 5.75 Å². The Morgan fingerprint density at radius 1 is 1.00 bits per heavy atom. The zero-order valence-electron chi connectivity index (χ0n) is 16.8. The summed E-state index contributed by atoms with van der Waals surface area (Å²) in [6, 6.07) is 3.47. The third kappa shape index (κ3) is 7.74. The van der Waals surface area contributed by atoms with Crippen LogP contribution < -0.4 is 5.32 Å². The first-order valence-electron chi connectivity index (χ1n) is 9.44. The number of hydrogen-bond donors (Lipinski definition) is 1. The summed E-state index contributed by atoms with van der Waals surface area (Å²) in [6.45, 7) is 5.72. The van der Waals surface area contributed by atoms with Crippen LogP contribution in [0.25, 0.3) is 6.08 Å². The first-order chi connectivity index (χ1) is 14.5. The Kier molecular flexibility index (Phi) is 8.76. The Morgan fingerprint density at radius 3 is 2.19 bits per heavy atom. The van der Waals surface area contributed by atoms with Gasteiger partial charge in [-0.15, -0.1) is 11.8 Å². The molecule has 0 amide bonds. The summed E-state index contributed by atoms with van der Waals surface area (Å²) in [5, 5.41) is 3.71. The van der Waals surface area contributed by atoms with Crippen LogP contribution in [-0.4, -0.2) is 10.7 Å². The summed E-state index contributed by atoms with van der Waals surface area (Å²) in [5.74, 6) is 0.838. The second kappa shape index (κ2) is 10.9. The van der Waals surface area contributed by atoms with E-state index in [1.165, 1.54) is 0 Å². The number of allylic oxidation sites excluding steroid dienone is 2.